The molecule has 0 aliphatic heterocycles. The van der Waals surface area contributed by atoms with Crippen LogP contribution in [0.3, 0.4) is 0 Å². The Balaban J connectivity index is 1.89. The fourth-order valence-electron chi connectivity index (χ4n) is 3.29. The molecule has 0 heterocycles. The van der Waals surface area contributed by atoms with Gasteiger partial charge in [-0.25, -0.2) is 0 Å². The van der Waals surface area contributed by atoms with Crippen LogP contribution in [0.2, 0.25) is 0 Å². The van der Waals surface area contributed by atoms with E-state index in [1.165, 1.54) is 42.0 Å². The van der Waals surface area contributed by atoms with E-state index in [2.05, 4.69) is 60.9 Å². The second-order valence-electron chi connectivity index (χ2n) is 5.71. The number of benzene rings is 2. The molecule has 0 radical (unpaired) electrons. The van der Waals surface area contributed by atoms with Crippen molar-refractivity contribution in [1.82, 2.24) is 5.32 Å². The molecular formula is C19H23N. The number of hydrogen-bond acceptors (Lipinski definition) is 1. The van der Waals surface area contributed by atoms with Crippen molar-refractivity contribution in [2.45, 2.75) is 38.1 Å². The number of allylic oxidation sites excluding steroid dienone is 1. The molecule has 0 saturated heterocycles. The Morgan fingerprint density at radius 2 is 1.90 bits per heavy atom. The molecule has 3 rings (SSSR count). The quantitative estimate of drug-likeness (QED) is 0.804. The van der Waals surface area contributed by atoms with E-state index in [-0.39, 0.29) is 0 Å². The van der Waals surface area contributed by atoms with Crippen LogP contribution >= 0.6 is 0 Å². The maximum Gasteiger partial charge on any atom is 0.0317 e. The smallest absolute Gasteiger partial charge is 0.0317 e. The van der Waals surface area contributed by atoms with Gasteiger partial charge in [-0.1, -0.05) is 54.1 Å². The van der Waals surface area contributed by atoms with Crippen LogP contribution in [0, 0.1) is 0 Å². The summed E-state index contributed by atoms with van der Waals surface area (Å²) < 4.78 is 0. The van der Waals surface area contributed by atoms with E-state index in [0.29, 0.717) is 6.04 Å². The molecule has 1 unspecified atom stereocenters. The number of hydrogen-bond donors (Lipinski definition) is 1. The molecule has 0 spiro atoms. The molecule has 2 aromatic carbocycles. The number of fused-ring (bicyclic) bond motifs is 1. The van der Waals surface area contributed by atoms with E-state index in [1.807, 2.05) is 0 Å². The molecule has 1 atom stereocenters. The summed E-state index contributed by atoms with van der Waals surface area (Å²) in [6.45, 7) is 0. The lowest BCUT2D eigenvalue weighted by atomic mass is 9.89. The van der Waals surface area contributed by atoms with Gasteiger partial charge in [0.25, 0.3) is 0 Å². The van der Waals surface area contributed by atoms with Crippen molar-refractivity contribution >= 4 is 10.8 Å². The van der Waals surface area contributed by atoms with Crippen LogP contribution in [-0.2, 0) is 6.42 Å². The second-order valence-corrected chi connectivity index (χ2v) is 5.71. The lowest BCUT2D eigenvalue weighted by molar-refractivity contribution is 0.570. The highest BCUT2D eigenvalue weighted by atomic mass is 14.9. The molecule has 1 heteroatoms. The van der Waals surface area contributed by atoms with Crippen LogP contribution in [0.5, 0.6) is 0 Å². The van der Waals surface area contributed by atoms with Crippen molar-refractivity contribution in [2.75, 3.05) is 7.05 Å². The van der Waals surface area contributed by atoms with Crippen LogP contribution < -0.4 is 5.32 Å². The van der Waals surface area contributed by atoms with Crippen LogP contribution in [0.15, 0.2) is 54.1 Å². The van der Waals surface area contributed by atoms with Crippen LogP contribution in [0.1, 0.15) is 31.2 Å². The molecule has 1 nitrogen and oxygen atoms in total. The van der Waals surface area contributed by atoms with Gasteiger partial charge in [-0.2, -0.15) is 0 Å². The van der Waals surface area contributed by atoms with Gasteiger partial charge < -0.3 is 5.32 Å². The topological polar surface area (TPSA) is 12.0 Å². The minimum Gasteiger partial charge on any atom is -0.313 e. The summed E-state index contributed by atoms with van der Waals surface area (Å²) in [5.74, 6) is 0. The standard InChI is InChI=1S/C19H23N/c1-20-19(16-9-3-2-4-10-16)14-17-12-7-11-15-8-5-6-13-18(15)17/h5-9,11-13,19-20H,2-4,10,14H2,1H3. The minimum absolute atomic E-state index is 0.487. The third-order valence-electron chi connectivity index (χ3n) is 4.43. The molecule has 2 aromatic rings. The summed E-state index contributed by atoms with van der Waals surface area (Å²) in [5.41, 5.74) is 3.06. The SMILES string of the molecule is CNC(Cc1cccc2ccccc12)C1=CCCCC1. The summed E-state index contributed by atoms with van der Waals surface area (Å²) in [4.78, 5) is 0. The molecule has 1 N–H and O–H groups in total. The van der Waals surface area contributed by atoms with Crippen molar-refractivity contribution < 1.29 is 0 Å². The maximum absolute atomic E-state index is 3.52. The Labute approximate surface area is 121 Å². The molecule has 1 aliphatic carbocycles. The molecule has 0 fully saturated rings. The third-order valence-corrected chi connectivity index (χ3v) is 4.43. The summed E-state index contributed by atoms with van der Waals surface area (Å²) >= 11 is 0. The molecule has 0 aromatic heterocycles. The number of nitrogens with one attached hydrogen (secondary N) is 1. The Hall–Kier alpha value is -1.60. The second kappa shape index (κ2) is 6.23. The van der Waals surface area contributed by atoms with E-state index in [1.54, 1.807) is 5.57 Å². The Morgan fingerprint density at radius 1 is 1.05 bits per heavy atom. The lowest BCUT2D eigenvalue weighted by Gasteiger charge is -2.23. The first kappa shape index (κ1) is 13.4. The molecule has 0 saturated carbocycles. The normalized spacial score (nSPS) is 16.9. The third kappa shape index (κ3) is 2.78. The van der Waals surface area contributed by atoms with Crippen molar-refractivity contribution in [2.24, 2.45) is 0 Å². The van der Waals surface area contributed by atoms with E-state index >= 15 is 0 Å². The van der Waals surface area contributed by atoms with E-state index in [4.69, 9.17) is 0 Å². The Kier molecular flexibility index (Phi) is 4.17. The average Bonchev–Trinajstić information content (AvgIpc) is 2.53. The lowest BCUT2D eigenvalue weighted by Crippen LogP contribution is -2.30. The number of rotatable bonds is 4. The molecule has 104 valence electrons. The predicted molar refractivity (Wildman–Crippen MR) is 87.1 cm³/mol. The minimum atomic E-state index is 0.487. The van der Waals surface area contributed by atoms with Gasteiger partial charge in [-0.05, 0) is 55.5 Å². The highest BCUT2D eigenvalue weighted by Gasteiger charge is 2.15. The fourth-order valence-corrected chi connectivity index (χ4v) is 3.29. The highest BCUT2D eigenvalue weighted by Crippen LogP contribution is 2.25. The van der Waals surface area contributed by atoms with E-state index in [9.17, 15) is 0 Å². The summed E-state index contributed by atoms with van der Waals surface area (Å²) in [6, 6.07) is 15.8. The van der Waals surface area contributed by atoms with Crippen molar-refractivity contribution in [3.8, 4) is 0 Å². The summed E-state index contributed by atoms with van der Waals surface area (Å²) in [7, 11) is 2.09. The van der Waals surface area contributed by atoms with Gasteiger partial charge in [-0.3, -0.25) is 0 Å². The Morgan fingerprint density at radius 3 is 2.70 bits per heavy atom. The van der Waals surface area contributed by atoms with Gasteiger partial charge in [0.2, 0.25) is 0 Å². The molecule has 0 bridgehead atoms. The van der Waals surface area contributed by atoms with Gasteiger partial charge in [0.1, 0.15) is 0 Å². The number of likely N-dealkylation sites (N-methyl/N-ethyl adjacent to an activating group) is 1. The van der Waals surface area contributed by atoms with Gasteiger partial charge in [0.05, 0.1) is 0 Å². The van der Waals surface area contributed by atoms with Crippen LogP contribution in [0.25, 0.3) is 10.8 Å². The average molecular weight is 265 g/mol. The highest BCUT2D eigenvalue weighted by molar-refractivity contribution is 5.85. The van der Waals surface area contributed by atoms with Crippen LogP contribution in [0.4, 0.5) is 0 Å². The first-order valence-electron chi connectivity index (χ1n) is 7.71. The van der Waals surface area contributed by atoms with Gasteiger partial charge >= 0.3 is 0 Å². The predicted octanol–water partition coefficient (Wildman–Crippen LogP) is 4.47. The monoisotopic (exact) mass is 265 g/mol. The summed E-state index contributed by atoms with van der Waals surface area (Å²) in [5, 5.41) is 6.26. The van der Waals surface area contributed by atoms with Crippen molar-refractivity contribution in [1.29, 1.82) is 0 Å². The summed E-state index contributed by atoms with van der Waals surface area (Å²) in [6.07, 6.45) is 8.76. The molecule has 1 aliphatic rings. The Bertz CT molecular complexity index is 607. The zero-order chi connectivity index (χ0) is 13.8. The molecule has 20 heavy (non-hydrogen) atoms. The molecular weight excluding hydrogens is 242 g/mol. The molecule has 0 amide bonds. The van der Waals surface area contributed by atoms with E-state index in [0.717, 1.165) is 6.42 Å². The first-order chi connectivity index (χ1) is 9.88. The maximum atomic E-state index is 3.52. The van der Waals surface area contributed by atoms with Crippen molar-refractivity contribution in [3.63, 3.8) is 0 Å². The van der Waals surface area contributed by atoms with Gasteiger partial charge in [0, 0.05) is 6.04 Å². The fraction of sp³-hybridized carbons (Fsp3) is 0.368. The van der Waals surface area contributed by atoms with Crippen molar-refractivity contribution in [3.05, 3.63) is 59.7 Å². The van der Waals surface area contributed by atoms with E-state index < -0.39 is 0 Å². The van der Waals surface area contributed by atoms with Crippen LogP contribution in [-0.4, -0.2) is 13.1 Å². The van der Waals surface area contributed by atoms with Gasteiger partial charge in [-0.15, -0.1) is 0 Å². The largest absolute Gasteiger partial charge is 0.313 e. The zero-order valence-corrected chi connectivity index (χ0v) is 12.2. The zero-order valence-electron chi connectivity index (χ0n) is 12.2. The van der Waals surface area contributed by atoms with Gasteiger partial charge in [0.15, 0.2) is 0 Å². The first-order valence-corrected chi connectivity index (χ1v) is 7.71.